The SMILES string of the molecule is C=C(C)COc1ccc([N+](=O)[O-])c(C)c1. The predicted octanol–water partition coefficient (Wildman–Crippen LogP) is 2.86. The molecule has 1 aromatic rings. The molecular formula is C11H13NO3. The van der Waals surface area contributed by atoms with E-state index in [0.717, 1.165) is 5.57 Å². The van der Waals surface area contributed by atoms with Crippen LogP contribution < -0.4 is 4.74 Å². The highest BCUT2D eigenvalue weighted by atomic mass is 16.6. The molecular weight excluding hydrogens is 194 g/mol. The van der Waals surface area contributed by atoms with Gasteiger partial charge < -0.3 is 4.74 Å². The second-order valence-electron chi connectivity index (χ2n) is 3.45. The van der Waals surface area contributed by atoms with E-state index in [1.165, 1.54) is 6.07 Å². The van der Waals surface area contributed by atoms with Crippen molar-refractivity contribution in [3.8, 4) is 5.75 Å². The minimum Gasteiger partial charge on any atom is -0.489 e. The Balaban J connectivity index is 2.82. The molecule has 0 saturated heterocycles. The van der Waals surface area contributed by atoms with Gasteiger partial charge in [-0.2, -0.15) is 0 Å². The van der Waals surface area contributed by atoms with Gasteiger partial charge in [0.15, 0.2) is 0 Å². The van der Waals surface area contributed by atoms with Crippen LogP contribution in [0.3, 0.4) is 0 Å². The molecule has 0 unspecified atom stereocenters. The standard InChI is InChI=1S/C11H13NO3/c1-8(2)7-15-10-4-5-11(12(13)14)9(3)6-10/h4-6H,1,7H2,2-3H3. The quantitative estimate of drug-likeness (QED) is 0.433. The Labute approximate surface area is 88.3 Å². The van der Waals surface area contributed by atoms with E-state index in [1.54, 1.807) is 19.1 Å². The molecule has 0 saturated carbocycles. The molecule has 0 N–H and O–H groups in total. The number of nitrogens with zero attached hydrogens (tertiary/aromatic N) is 1. The summed E-state index contributed by atoms with van der Waals surface area (Å²) in [5, 5.41) is 10.5. The van der Waals surface area contributed by atoms with E-state index in [2.05, 4.69) is 6.58 Å². The minimum absolute atomic E-state index is 0.109. The minimum atomic E-state index is -0.405. The molecule has 4 heteroatoms. The number of hydrogen-bond acceptors (Lipinski definition) is 3. The second kappa shape index (κ2) is 4.59. The summed E-state index contributed by atoms with van der Waals surface area (Å²) >= 11 is 0. The molecule has 0 aliphatic carbocycles. The van der Waals surface area contributed by atoms with Crippen LogP contribution in [0.5, 0.6) is 5.75 Å². The third kappa shape index (κ3) is 3.09. The molecule has 0 aliphatic rings. The smallest absolute Gasteiger partial charge is 0.272 e. The van der Waals surface area contributed by atoms with Crippen LogP contribution in [-0.4, -0.2) is 11.5 Å². The summed E-state index contributed by atoms with van der Waals surface area (Å²) in [6.07, 6.45) is 0. The van der Waals surface area contributed by atoms with E-state index in [4.69, 9.17) is 4.74 Å². The van der Waals surface area contributed by atoms with Crippen molar-refractivity contribution in [3.63, 3.8) is 0 Å². The molecule has 15 heavy (non-hydrogen) atoms. The molecule has 80 valence electrons. The highest BCUT2D eigenvalue weighted by molar-refractivity contribution is 5.44. The summed E-state index contributed by atoms with van der Waals surface area (Å²) in [6, 6.07) is 4.69. The molecule has 1 aromatic carbocycles. The summed E-state index contributed by atoms with van der Waals surface area (Å²) in [5.41, 5.74) is 1.61. The van der Waals surface area contributed by atoms with Gasteiger partial charge >= 0.3 is 0 Å². The summed E-state index contributed by atoms with van der Waals surface area (Å²) in [6.45, 7) is 7.68. The molecule has 0 heterocycles. The zero-order valence-electron chi connectivity index (χ0n) is 8.82. The van der Waals surface area contributed by atoms with Crippen LogP contribution in [0, 0.1) is 17.0 Å². The summed E-state index contributed by atoms with van der Waals surface area (Å²) in [7, 11) is 0. The Morgan fingerprint density at radius 3 is 2.73 bits per heavy atom. The number of aryl methyl sites for hydroxylation is 1. The van der Waals surface area contributed by atoms with Crippen LogP contribution in [0.25, 0.3) is 0 Å². The maximum atomic E-state index is 10.5. The van der Waals surface area contributed by atoms with Crippen LogP contribution >= 0.6 is 0 Å². The topological polar surface area (TPSA) is 52.4 Å². The molecule has 0 fully saturated rings. The third-order valence-corrected chi connectivity index (χ3v) is 1.85. The van der Waals surface area contributed by atoms with Crippen molar-refractivity contribution >= 4 is 5.69 Å². The maximum Gasteiger partial charge on any atom is 0.272 e. The van der Waals surface area contributed by atoms with Crippen molar-refractivity contribution in [1.82, 2.24) is 0 Å². The Bertz CT molecular complexity index is 399. The van der Waals surface area contributed by atoms with Crippen LogP contribution in [0.4, 0.5) is 5.69 Å². The average Bonchev–Trinajstić information content (AvgIpc) is 2.14. The van der Waals surface area contributed by atoms with Crippen LogP contribution in [0.1, 0.15) is 12.5 Å². The van der Waals surface area contributed by atoms with Crippen molar-refractivity contribution in [2.24, 2.45) is 0 Å². The second-order valence-corrected chi connectivity index (χ2v) is 3.45. The molecule has 0 spiro atoms. The van der Waals surface area contributed by atoms with Crippen molar-refractivity contribution < 1.29 is 9.66 Å². The van der Waals surface area contributed by atoms with Gasteiger partial charge in [-0.05, 0) is 31.6 Å². The van der Waals surface area contributed by atoms with E-state index >= 15 is 0 Å². The first-order chi connectivity index (χ1) is 7.00. The number of benzene rings is 1. The van der Waals surface area contributed by atoms with Crippen LogP contribution in [0.2, 0.25) is 0 Å². The third-order valence-electron chi connectivity index (χ3n) is 1.85. The van der Waals surface area contributed by atoms with E-state index in [9.17, 15) is 10.1 Å². The largest absolute Gasteiger partial charge is 0.489 e. The van der Waals surface area contributed by atoms with Gasteiger partial charge in [-0.15, -0.1) is 0 Å². The molecule has 1 rings (SSSR count). The Kier molecular flexibility index (Phi) is 3.44. The lowest BCUT2D eigenvalue weighted by Crippen LogP contribution is -1.98. The van der Waals surface area contributed by atoms with Gasteiger partial charge in [0.25, 0.3) is 5.69 Å². The van der Waals surface area contributed by atoms with Crippen LogP contribution in [0.15, 0.2) is 30.4 Å². The first-order valence-corrected chi connectivity index (χ1v) is 4.53. The molecule has 4 nitrogen and oxygen atoms in total. The first-order valence-electron chi connectivity index (χ1n) is 4.53. The molecule has 0 aliphatic heterocycles. The monoisotopic (exact) mass is 207 g/mol. The van der Waals surface area contributed by atoms with Gasteiger partial charge in [-0.25, -0.2) is 0 Å². The molecule has 0 aromatic heterocycles. The zero-order chi connectivity index (χ0) is 11.4. The van der Waals surface area contributed by atoms with Gasteiger partial charge in [-0.1, -0.05) is 6.58 Å². The number of hydrogen-bond donors (Lipinski definition) is 0. The lowest BCUT2D eigenvalue weighted by molar-refractivity contribution is -0.385. The number of ether oxygens (including phenoxy) is 1. The lowest BCUT2D eigenvalue weighted by Gasteiger charge is -2.06. The highest BCUT2D eigenvalue weighted by Gasteiger charge is 2.10. The summed E-state index contributed by atoms with van der Waals surface area (Å²) in [4.78, 5) is 10.1. The fourth-order valence-electron chi connectivity index (χ4n) is 1.13. The highest BCUT2D eigenvalue weighted by Crippen LogP contribution is 2.23. The van der Waals surface area contributed by atoms with Crippen molar-refractivity contribution in [2.75, 3.05) is 6.61 Å². The lowest BCUT2D eigenvalue weighted by atomic mass is 10.2. The summed E-state index contributed by atoms with van der Waals surface area (Å²) in [5.74, 6) is 0.626. The van der Waals surface area contributed by atoms with Gasteiger partial charge in [0, 0.05) is 11.6 Å². The van der Waals surface area contributed by atoms with Crippen molar-refractivity contribution in [3.05, 3.63) is 46.0 Å². The number of nitro groups is 1. The average molecular weight is 207 g/mol. The summed E-state index contributed by atoms with van der Waals surface area (Å²) < 4.78 is 5.36. The van der Waals surface area contributed by atoms with Gasteiger partial charge in [-0.3, -0.25) is 10.1 Å². The normalized spacial score (nSPS) is 9.73. The van der Waals surface area contributed by atoms with E-state index < -0.39 is 4.92 Å². The van der Waals surface area contributed by atoms with Gasteiger partial charge in [0.2, 0.25) is 0 Å². The predicted molar refractivity (Wildman–Crippen MR) is 58.1 cm³/mol. The fourth-order valence-corrected chi connectivity index (χ4v) is 1.13. The van der Waals surface area contributed by atoms with E-state index in [0.29, 0.717) is 17.9 Å². The molecule has 0 amide bonds. The zero-order valence-corrected chi connectivity index (χ0v) is 8.82. The Morgan fingerprint density at radius 1 is 1.60 bits per heavy atom. The van der Waals surface area contributed by atoms with E-state index in [-0.39, 0.29) is 5.69 Å². The maximum absolute atomic E-state index is 10.5. The number of rotatable bonds is 4. The van der Waals surface area contributed by atoms with Gasteiger partial charge in [0.05, 0.1) is 4.92 Å². The number of nitro benzene ring substituents is 1. The van der Waals surface area contributed by atoms with Crippen molar-refractivity contribution in [2.45, 2.75) is 13.8 Å². The molecule has 0 bridgehead atoms. The first kappa shape index (κ1) is 11.2. The van der Waals surface area contributed by atoms with Gasteiger partial charge in [0.1, 0.15) is 12.4 Å². The fraction of sp³-hybridized carbons (Fsp3) is 0.273. The van der Waals surface area contributed by atoms with E-state index in [1.807, 2.05) is 6.92 Å². The van der Waals surface area contributed by atoms with Crippen molar-refractivity contribution in [1.29, 1.82) is 0 Å². The molecule has 0 radical (unpaired) electrons. The Morgan fingerprint density at radius 2 is 2.27 bits per heavy atom. The van der Waals surface area contributed by atoms with Crippen LogP contribution in [-0.2, 0) is 0 Å². The molecule has 0 atom stereocenters. The Hall–Kier alpha value is -1.84.